The Morgan fingerprint density at radius 3 is 2.82 bits per heavy atom. The molecule has 0 aliphatic carbocycles. The fourth-order valence-electron chi connectivity index (χ4n) is 4.33. The van der Waals surface area contributed by atoms with Crippen molar-refractivity contribution in [3.05, 3.63) is 47.9 Å². The Labute approximate surface area is 192 Å². The van der Waals surface area contributed by atoms with Crippen LogP contribution in [0.2, 0.25) is 0 Å². The lowest BCUT2D eigenvalue weighted by molar-refractivity contribution is 0.244. The van der Waals surface area contributed by atoms with Crippen LogP contribution in [0.5, 0.6) is 0 Å². The zero-order valence-electron chi connectivity index (χ0n) is 18.5. The maximum absolute atomic E-state index is 14.4. The van der Waals surface area contributed by atoms with Gasteiger partial charge in [-0.1, -0.05) is 24.6 Å². The van der Waals surface area contributed by atoms with Crippen LogP contribution in [0, 0.1) is 17.7 Å². The zero-order chi connectivity index (χ0) is 22.9. The van der Waals surface area contributed by atoms with E-state index in [0.717, 1.165) is 49.7 Å². The molecule has 0 amide bonds. The van der Waals surface area contributed by atoms with Crippen LogP contribution in [0.1, 0.15) is 24.2 Å². The van der Waals surface area contributed by atoms with E-state index in [1.165, 1.54) is 6.07 Å². The summed E-state index contributed by atoms with van der Waals surface area (Å²) in [6.07, 6.45) is 3.14. The molecule has 33 heavy (non-hydrogen) atoms. The monoisotopic (exact) mass is 447 g/mol. The van der Waals surface area contributed by atoms with Gasteiger partial charge in [-0.2, -0.15) is 10.1 Å². The SMILES string of the molecule is C=Cc1ccc(N2CCN(CCn3ncc4c3N=C(N)N3NC(C#CC)=NC43)CC2)c(F)c1. The maximum Gasteiger partial charge on any atom is 0.219 e. The van der Waals surface area contributed by atoms with Crippen LogP contribution in [0.25, 0.3) is 6.08 Å². The lowest BCUT2D eigenvalue weighted by Crippen LogP contribution is -2.48. The molecule has 0 spiro atoms. The number of nitrogens with zero attached hydrogens (tertiary/aromatic N) is 7. The average Bonchev–Trinajstić information content (AvgIpc) is 3.43. The Hall–Kier alpha value is -3.84. The Bertz CT molecular complexity index is 1190. The van der Waals surface area contributed by atoms with Gasteiger partial charge in [-0.3, -0.25) is 10.3 Å². The van der Waals surface area contributed by atoms with E-state index in [2.05, 4.69) is 48.7 Å². The van der Waals surface area contributed by atoms with Gasteiger partial charge in [0.1, 0.15) is 5.82 Å². The molecule has 9 nitrogen and oxygen atoms in total. The molecule has 1 atom stereocenters. The number of aromatic nitrogens is 2. The predicted octanol–water partition coefficient (Wildman–Crippen LogP) is 1.69. The Morgan fingerprint density at radius 1 is 1.27 bits per heavy atom. The summed E-state index contributed by atoms with van der Waals surface area (Å²) in [6.45, 7) is 10.2. The third-order valence-electron chi connectivity index (χ3n) is 6.10. The molecule has 170 valence electrons. The minimum Gasteiger partial charge on any atom is -0.368 e. The van der Waals surface area contributed by atoms with E-state index in [4.69, 9.17) is 5.73 Å². The van der Waals surface area contributed by atoms with Gasteiger partial charge in [-0.15, -0.1) is 0 Å². The molecule has 3 aliphatic heterocycles. The molecule has 4 heterocycles. The summed E-state index contributed by atoms with van der Waals surface area (Å²) in [6, 6.07) is 5.26. The zero-order valence-corrected chi connectivity index (χ0v) is 18.5. The molecule has 1 fully saturated rings. The first kappa shape index (κ1) is 21.0. The molecule has 1 saturated heterocycles. The molecule has 3 N–H and O–H groups in total. The first-order valence-corrected chi connectivity index (χ1v) is 10.9. The van der Waals surface area contributed by atoms with E-state index in [-0.39, 0.29) is 12.0 Å². The van der Waals surface area contributed by atoms with Gasteiger partial charge in [0, 0.05) is 32.7 Å². The molecular formula is C23H26FN9. The van der Waals surface area contributed by atoms with E-state index < -0.39 is 0 Å². The van der Waals surface area contributed by atoms with Crippen molar-refractivity contribution >= 4 is 29.4 Å². The number of piperazine rings is 1. The van der Waals surface area contributed by atoms with Crippen LogP contribution in [-0.2, 0) is 6.54 Å². The topological polar surface area (TPSA) is 90.3 Å². The largest absolute Gasteiger partial charge is 0.368 e. The van der Waals surface area contributed by atoms with Crippen molar-refractivity contribution in [2.75, 3.05) is 37.6 Å². The van der Waals surface area contributed by atoms with Crippen molar-refractivity contribution in [3.63, 3.8) is 0 Å². The van der Waals surface area contributed by atoms with Crippen molar-refractivity contribution in [1.82, 2.24) is 25.1 Å². The van der Waals surface area contributed by atoms with Crippen LogP contribution in [-0.4, -0.2) is 64.2 Å². The van der Waals surface area contributed by atoms with Gasteiger partial charge >= 0.3 is 0 Å². The van der Waals surface area contributed by atoms with Crippen LogP contribution in [0.15, 0.2) is 41.0 Å². The van der Waals surface area contributed by atoms with Crippen molar-refractivity contribution < 1.29 is 4.39 Å². The number of benzene rings is 1. The van der Waals surface area contributed by atoms with Crippen molar-refractivity contribution in [1.29, 1.82) is 0 Å². The highest BCUT2D eigenvalue weighted by Gasteiger charge is 2.36. The number of rotatable bonds is 5. The summed E-state index contributed by atoms with van der Waals surface area (Å²) in [4.78, 5) is 13.6. The normalized spacial score (nSPS) is 19.6. The van der Waals surface area contributed by atoms with Crippen LogP contribution in [0.4, 0.5) is 15.9 Å². The molecule has 2 aromatic rings. The van der Waals surface area contributed by atoms with Gasteiger partial charge in [-0.05, 0) is 30.5 Å². The number of anilines is 1. The summed E-state index contributed by atoms with van der Waals surface area (Å²) >= 11 is 0. The Morgan fingerprint density at radius 2 is 2.09 bits per heavy atom. The fourth-order valence-corrected chi connectivity index (χ4v) is 4.33. The predicted molar refractivity (Wildman–Crippen MR) is 127 cm³/mol. The van der Waals surface area contributed by atoms with Crippen molar-refractivity contribution in [2.45, 2.75) is 19.6 Å². The third-order valence-corrected chi connectivity index (χ3v) is 6.10. The Balaban J connectivity index is 1.22. The highest BCUT2D eigenvalue weighted by atomic mass is 19.1. The second kappa shape index (κ2) is 8.60. The number of fused-ring (bicyclic) bond motifs is 3. The summed E-state index contributed by atoms with van der Waals surface area (Å²) in [7, 11) is 0. The number of nitrogens with two attached hydrogens (primary N) is 1. The standard InChI is InChI=1S/C23H26FN9/c1-3-5-20-27-22-17-15-26-32(21(17)28-23(25)33(22)29-20)13-10-30-8-11-31(12-9-30)19-7-6-16(4-2)14-18(19)24/h4,6-7,14-15,22H,2,8-13H2,1H3,(H2,25,28)(H,27,29). The molecule has 3 aliphatic rings. The number of amidine groups is 1. The quantitative estimate of drug-likeness (QED) is 0.678. The van der Waals surface area contributed by atoms with E-state index >= 15 is 0 Å². The number of guanidine groups is 1. The van der Waals surface area contributed by atoms with Gasteiger partial charge < -0.3 is 10.6 Å². The van der Waals surface area contributed by atoms with Gasteiger partial charge in [0.15, 0.2) is 17.8 Å². The summed E-state index contributed by atoms with van der Waals surface area (Å²) < 4.78 is 16.3. The van der Waals surface area contributed by atoms with E-state index in [0.29, 0.717) is 24.0 Å². The Kier molecular flexibility index (Phi) is 5.48. The molecule has 1 unspecified atom stereocenters. The second-order valence-corrected chi connectivity index (χ2v) is 8.07. The number of halogens is 1. The third kappa shape index (κ3) is 3.91. The summed E-state index contributed by atoms with van der Waals surface area (Å²) in [5, 5.41) is 6.24. The van der Waals surface area contributed by atoms with Crippen molar-refractivity contribution in [2.24, 2.45) is 15.7 Å². The number of nitrogens with one attached hydrogen (secondary N) is 1. The molecule has 0 saturated carbocycles. The van der Waals surface area contributed by atoms with E-state index in [9.17, 15) is 4.39 Å². The van der Waals surface area contributed by atoms with Gasteiger partial charge in [0.05, 0.1) is 24.0 Å². The molecule has 10 heteroatoms. The van der Waals surface area contributed by atoms with Crippen molar-refractivity contribution in [3.8, 4) is 11.8 Å². The van der Waals surface area contributed by atoms with Gasteiger partial charge in [-0.25, -0.2) is 19.1 Å². The van der Waals surface area contributed by atoms with Crippen LogP contribution in [0.3, 0.4) is 0 Å². The molecule has 1 aromatic carbocycles. The number of hydrogen-bond donors (Lipinski definition) is 2. The number of hydrazine groups is 1. The fraction of sp³-hybridized carbons (Fsp3) is 0.348. The average molecular weight is 448 g/mol. The highest BCUT2D eigenvalue weighted by molar-refractivity contribution is 6.02. The molecule has 5 rings (SSSR count). The molecule has 1 aromatic heterocycles. The molecule has 0 bridgehead atoms. The molecule has 0 radical (unpaired) electrons. The lowest BCUT2D eigenvalue weighted by Gasteiger charge is -2.36. The first-order chi connectivity index (χ1) is 16.1. The smallest absolute Gasteiger partial charge is 0.219 e. The number of hydrogen-bond acceptors (Lipinski definition) is 8. The second-order valence-electron chi connectivity index (χ2n) is 8.07. The number of aliphatic imine (C=N–C) groups is 2. The van der Waals surface area contributed by atoms with Gasteiger partial charge in [0.2, 0.25) is 5.96 Å². The van der Waals surface area contributed by atoms with E-state index in [1.807, 2.05) is 16.8 Å². The molecular weight excluding hydrogens is 421 g/mol. The summed E-state index contributed by atoms with van der Waals surface area (Å²) in [5.74, 6) is 7.19. The van der Waals surface area contributed by atoms with E-state index in [1.54, 1.807) is 24.2 Å². The highest BCUT2D eigenvalue weighted by Crippen LogP contribution is 2.36. The first-order valence-electron chi connectivity index (χ1n) is 10.9. The summed E-state index contributed by atoms with van der Waals surface area (Å²) in [5.41, 5.74) is 11.6. The van der Waals surface area contributed by atoms with Crippen LogP contribution >= 0.6 is 0 Å². The van der Waals surface area contributed by atoms with Crippen LogP contribution < -0.4 is 16.1 Å². The maximum atomic E-state index is 14.4. The minimum atomic E-state index is -0.312. The minimum absolute atomic E-state index is 0.203. The lowest BCUT2D eigenvalue weighted by atomic mass is 10.1. The van der Waals surface area contributed by atoms with Gasteiger partial charge in [0.25, 0.3) is 0 Å².